The molecular formula is C19H20N4O. The van der Waals surface area contributed by atoms with Crippen LogP contribution in [0.1, 0.15) is 21.5 Å². The van der Waals surface area contributed by atoms with Gasteiger partial charge in [-0.05, 0) is 54.4 Å². The number of hydrogen-bond donors (Lipinski definition) is 1. The lowest BCUT2D eigenvalue weighted by molar-refractivity contribution is 0.112. The second-order valence-corrected chi connectivity index (χ2v) is 5.04. The SMILES string of the molecule is O=Cc1ccncc1.c1cncc(CCNCc2ccncc2)c1. The first-order valence-corrected chi connectivity index (χ1v) is 7.72. The fourth-order valence-corrected chi connectivity index (χ4v) is 1.95. The van der Waals surface area contributed by atoms with Gasteiger partial charge in [0.25, 0.3) is 0 Å². The zero-order valence-electron chi connectivity index (χ0n) is 13.4. The van der Waals surface area contributed by atoms with Crippen molar-refractivity contribution in [2.75, 3.05) is 6.54 Å². The molecule has 3 aromatic heterocycles. The lowest BCUT2D eigenvalue weighted by Crippen LogP contribution is -2.16. The molecule has 5 nitrogen and oxygen atoms in total. The summed E-state index contributed by atoms with van der Waals surface area (Å²) in [5.41, 5.74) is 3.20. The summed E-state index contributed by atoms with van der Waals surface area (Å²) in [7, 11) is 0. The van der Waals surface area contributed by atoms with Gasteiger partial charge in [0.1, 0.15) is 6.29 Å². The van der Waals surface area contributed by atoms with Crippen molar-refractivity contribution < 1.29 is 4.79 Å². The normalized spacial score (nSPS) is 9.67. The van der Waals surface area contributed by atoms with Gasteiger partial charge in [-0.3, -0.25) is 19.7 Å². The highest BCUT2D eigenvalue weighted by molar-refractivity contribution is 5.73. The van der Waals surface area contributed by atoms with Crippen molar-refractivity contribution in [3.8, 4) is 0 Å². The summed E-state index contributed by atoms with van der Waals surface area (Å²) in [6.45, 7) is 1.86. The number of rotatable bonds is 6. The Morgan fingerprint density at radius 3 is 2.12 bits per heavy atom. The maximum Gasteiger partial charge on any atom is 0.150 e. The fraction of sp³-hybridized carbons (Fsp3) is 0.158. The topological polar surface area (TPSA) is 67.8 Å². The Bertz CT molecular complexity index is 649. The molecular weight excluding hydrogens is 300 g/mol. The van der Waals surface area contributed by atoms with E-state index in [9.17, 15) is 4.79 Å². The van der Waals surface area contributed by atoms with E-state index in [4.69, 9.17) is 0 Å². The number of carbonyl (C=O) groups excluding carboxylic acids is 1. The minimum atomic E-state index is 0.667. The average Bonchev–Trinajstić information content (AvgIpc) is 2.68. The van der Waals surface area contributed by atoms with Crippen LogP contribution >= 0.6 is 0 Å². The Kier molecular flexibility index (Phi) is 7.81. The van der Waals surface area contributed by atoms with Crippen LogP contribution in [0.2, 0.25) is 0 Å². The highest BCUT2D eigenvalue weighted by Crippen LogP contribution is 1.97. The molecule has 24 heavy (non-hydrogen) atoms. The monoisotopic (exact) mass is 320 g/mol. The third-order valence-corrected chi connectivity index (χ3v) is 3.23. The predicted molar refractivity (Wildman–Crippen MR) is 93.5 cm³/mol. The minimum Gasteiger partial charge on any atom is -0.312 e. The van der Waals surface area contributed by atoms with Gasteiger partial charge in [-0.2, -0.15) is 0 Å². The van der Waals surface area contributed by atoms with E-state index in [1.165, 1.54) is 11.1 Å². The molecule has 0 saturated carbocycles. The van der Waals surface area contributed by atoms with Gasteiger partial charge in [0, 0.05) is 49.3 Å². The molecule has 0 atom stereocenters. The highest BCUT2D eigenvalue weighted by Gasteiger charge is 1.93. The third-order valence-electron chi connectivity index (χ3n) is 3.23. The number of aldehydes is 1. The Morgan fingerprint density at radius 1 is 0.833 bits per heavy atom. The molecule has 0 amide bonds. The smallest absolute Gasteiger partial charge is 0.150 e. The second-order valence-electron chi connectivity index (χ2n) is 5.04. The molecule has 3 heterocycles. The summed E-state index contributed by atoms with van der Waals surface area (Å²) in [4.78, 5) is 21.8. The van der Waals surface area contributed by atoms with Gasteiger partial charge in [0.15, 0.2) is 0 Å². The van der Waals surface area contributed by atoms with Gasteiger partial charge >= 0.3 is 0 Å². The highest BCUT2D eigenvalue weighted by atomic mass is 16.1. The zero-order valence-corrected chi connectivity index (χ0v) is 13.4. The van der Waals surface area contributed by atoms with Crippen LogP contribution in [0.25, 0.3) is 0 Å². The maximum absolute atomic E-state index is 9.98. The minimum absolute atomic E-state index is 0.667. The van der Waals surface area contributed by atoms with Crippen molar-refractivity contribution in [2.45, 2.75) is 13.0 Å². The van der Waals surface area contributed by atoms with Crippen LogP contribution in [0.5, 0.6) is 0 Å². The van der Waals surface area contributed by atoms with Crippen molar-refractivity contribution in [1.82, 2.24) is 20.3 Å². The van der Waals surface area contributed by atoms with Crippen molar-refractivity contribution in [1.29, 1.82) is 0 Å². The van der Waals surface area contributed by atoms with Crippen LogP contribution in [0, 0.1) is 0 Å². The standard InChI is InChI=1S/C13H15N3.C6H5NO/c1-2-12(10-15-6-1)5-9-16-11-13-3-7-14-8-4-13;8-5-6-1-3-7-4-2-6/h1-4,6-8,10,16H,5,9,11H2;1-5H. The molecule has 0 spiro atoms. The molecule has 0 unspecified atom stereocenters. The van der Waals surface area contributed by atoms with Gasteiger partial charge in [-0.1, -0.05) is 6.07 Å². The quantitative estimate of drug-likeness (QED) is 0.559. The lowest BCUT2D eigenvalue weighted by Gasteiger charge is -2.04. The maximum atomic E-state index is 9.98. The number of pyridine rings is 3. The lowest BCUT2D eigenvalue weighted by atomic mass is 10.2. The van der Waals surface area contributed by atoms with Crippen LogP contribution in [0.3, 0.4) is 0 Å². The van der Waals surface area contributed by atoms with Gasteiger partial charge in [-0.15, -0.1) is 0 Å². The van der Waals surface area contributed by atoms with Gasteiger partial charge in [0.05, 0.1) is 0 Å². The van der Waals surface area contributed by atoms with Crippen molar-refractivity contribution in [2.24, 2.45) is 0 Å². The molecule has 0 radical (unpaired) electrons. The molecule has 0 saturated heterocycles. The molecule has 0 aliphatic carbocycles. The van der Waals surface area contributed by atoms with E-state index in [2.05, 4.69) is 26.3 Å². The van der Waals surface area contributed by atoms with Crippen molar-refractivity contribution in [3.63, 3.8) is 0 Å². The Labute approximate surface area is 141 Å². The van der Waals surface area contributed by atoms with Gasteiger partial charge in [-0.25, -0.2) is 0 Å². The van der Waals surface area contributed by atoms with Crippen molar-refractivity contribution >= 4 is 6.29 Å². The molecule has 0 aliphatic heterocycles. The number of nitrogens with zero attached hydrogens (tertiary/aromatic N) is 3. The molecule has 3 rings (SSSR count). The van der Waals surface area contributed by atoms with Crippen molar-refractivity contribution in [3.05, 3.63) is 90.3 Å². The number of carbonyl (C=O) groups is 1. The van der Waals surface area contributed by atoms with E-state index in [0.717, 1.165) is 25.8 Å². The summed E-state index contributed by atoms with van der Waals surface area (Å²) in [5.74, 6) is 0. The van der Waals surface area contributed by atoms with E-state index in [-0.39, 0.29) is 0 Å². The first-order valence-electron chi connectivity index (χ1n) is 7.72. The molecule has 0 aliphatic rings. The zero-order chi connectivity index (χ0) is 16.9. The summed E-state index contributed by atoms with van der Waals surface area (Å²) < 4.78 is 0. The van der Waals surface area contributed by atoms with E-state index >= 15 is 0 Å². The first kappa shape index (κ1) is 17.4. The first-order chi connectivity index (χ1) is 11.9. The van der Waals surface area contributed by atoms with E-state index in [1.807, 2.05) is 36.8 Å². The van der Waals surface area contributed by atoms with Crippen LogP contribution in [0.15, 0.2) is 73.6 Å². The molecule has 1 N–H and O–H groups in total. The van der Waals surface area contributed by atoms with Crippen LogP contribution in [0.4, 0.5) is 0 Å². The number of hydrogen-bond acceptors (Lipinski definition) is 5. The average molecular weight is 320 g/mol. The second kappa shape index (κ2) is 10.7. The summed E-state index contributed by atoms with van der Waals surface area (Å²) in [5, 5.41) is 3.39. The molecule has 3 aromatic rings. The summed E-state index contributed by atoms with van der Waals surface area (Å²) in [6, 6.07) is 11.4. The van der Waals surface area contributed by atoms with Crippen LogP contribution in [-0.2, 0) is 13.0 Å². The summed E-state index contributed by atoms with van der Waals surface area (Å²) in [6.07, 6.45) is 12.3. The fourth-order valence-electron chi connectivity index (χ4n) is 1.95. The third kappa shape index (κ3) is 6.89. The Hall–Kier alpha value is -2.92. The molecule has 122 valence electrons. The largest absolute Gasteiger partial charge is 0.312 e. The number of nitrogens with one attached hydrogen (secondary N) is 1. The van der Waals surface area contributed by atoms with Gasteiger partial charge < -0.3 is 5.32 Å². The van der Waals surface area contributed by atoms with Crippen LogP contribution < -0.4 is 5.32 Å². The summed E-state index contributed by atoms with van der Waals surface area (Å²) >= 11 is 0. The predicted octanol–water partition coefficient (Wildman–Crippen LogP) is 2.70. The van der Waals surface area contributed by atoms with Gasteiger partial charge in [0.2, 0.25) is 0 Å². The van der Waals surface area contributed by atoms with E-state index < -0.39 is 0 Å². The van der Waals surface area contributed by atoms with E-state index in [1.54, 1.807) is 30.7 Å². The number of aromatic nitrogens is 3. The Balaban J connectivity index is 0.000000219. The molecule has 0 fully saturated rings. The van der Waals surface area contributed by atoms with E-state index in [0.29, 0.717) is 5.56 Å². The molecule has 5 heteroatoms. The molecule has 0 aromatic carbocycles. The van der Waals surface area contributed by atoms with Crippen LogP contribution in [-0.4, -0.2) is 27.8 Å². The molecule has 0 bridgehead atoms. The Morgan fingerprint density at radius 2 is 1.54 bits per heavy atom.